The van der Waals surface area contributed by atoms with E-state index in [9.17, 15) is 5.11 Å². The Kier molecular flexibility index (Phi) is 2.87. The van der Waals surface area contributed by atoms with Crippen molar-refractivity contribution in [2.45, 2.75) is 51.2 Å². The number of hydrogen-bond donors (Lipinski definition) is 1. The van der Waals surface area contributed by atoms with Gasteiger partial charge >= 0.3 is 0 Å². The van der Waals surface area contributed by atoms with Crippen molar-refractivity contribution in [1.29, 1.82) is 0 Å². The van der Waals surface area contributed by atoms with E-state index in [1.165, 1.54) is 5.56 Å². The van der Waals surface area contributed by atoms with Gasteiger partial charge in [-0.3, -0.25) is 4.68 Å². The van der Waals surface area contributed by atoms with Crippen LogP contribution in [0.25, 0.3) is 0 Å². The van der Waals surface area contributed by atoms with Gasteiger partial charge in [-0.05, 0) is 37.7 Å². The molecule has 1 aliphatic carbocycles. The molecule has 1 heterocycles. The molecule has 0 bridgehead atoms. The van der Waals surface area contributed by atoms with Crippen LogP contribution in [0.5, 0.6) is 0 Å². The molecule has 1 aliphatic rings. The van der Waals surface area contributed by atoms with Gasteiger partial charge < -0.3 is 5.11 Å². The normalized spacial score (nSPS) is 27.9. The van der Waals surface area contributed by atoms with Crippen molar-refractivity contribution in [2.75, 3.05) is 0 Å². The minimum Gasteiger partial charge on any atom is -0.393 e. The number of rotatable bonds is 2. The summed E-state index contributed by atoms with van der Waals surface area (Å²) >= 11 is 0. The Labute approximate surface area is 84.7 Å². The molecule has 0 aromatic carbocycles. The highest BCUT2D eigenvalue weighted by molar-refractivity contribution is 5.03. The standard InChI is InChI=1S/C11H18N2O/c1-2-9-7-12-13(8-9)10-3-5-11(14)6-4-10/h7-8,10-11,14H,2-6H2,1H3. The lowest BCUT2D eigenvalue weighted by Crippen LogP contribution is -2.21. The fourth-order valence-electron chi connectivity index (χ4n) is 2.08. The van der Waals surface area contributed by atoms with E-state index in [0.29, 0.717) is 6.04 Å². The Morgan fingerprint density at radius 1 is 1.43 bits per heavy atom. The molecule has 0 spiro atoms. The molecule has 0 radical (unpaired) electrons. The van der Waals surface area contributed by atoms with E-state index in [1.54, 1.807) is 0 Å². The molecule has 1 aromatic heterocycles. The van der Waals surface area contributed by atoms with Crippen molar-refractivity contribution >= 4 is 0 Å². The number of aryl methyl sites for hydroxylation is 1. The second kappa shape index (κ2) is 4.13. The van der Waals surface area contributed by atoms with Gasteiger partial charge in [0.25, 0.3) is 0 Å². The lowest BCUT2D eigenvalue weighted by atomic mass is 9.93. The molecule has 0 saturated heterocycles. The fourth-order valence-corrected chi connectivity index (χ4v) is 2.08. The second-order valence-electron chi connectivity index (χ2n) is 4.14. The zero-order valence-electron chi connectivity index (χ0n) is 8.69. The van der Waals surface area contributed by atoms with Crippen LogP contribution in [0.3, 0.4) is 0 Å². The Balaban J connectivity index is 2.01. The molecule has 0 amide bonds. The molecule has 0 atom stereocenters. The summed E-state index contributed by atoms with van der Waals surface area (Å²) < 4.78 is 2.07. The zero-order valence-corrected chi connectivity index (χ0v) is 8.69. The fraction of sp³-hybridized carbons (Fsp3) is 0.727. The molecule has 0 aliphatic heterocycles. The third-order valence-electron chi connectivity index (χ3n) is 3.10. The highest BCUT2D eigenvalue weighted by Crippen LogP contribution is 2.27. The zero-order chi connectivity index (χ0) is 9.97. The number of hydrogen-bond acceptors (Lipinski definition) is 2. The van der Waals surface area contributed by atoms with Crippen molar-refractivity contribution in [3.63, 3.8) is 0 Å². The maximum atomic E-state index is 9.40. The van der Waals surface area contributed by atoms with Crippen LogP contribution < -0.4 is 0 Å². The summed E-state index contributed by atoms with van der Waals surface area (Å²) in [5, 5.41) is 13.8. The predicted octanol–water partition coefficient (Wildman–Crippen LogP) is 1.92. The van der Waals surface area contributed by atoms with Crippen LogP contribution in [0.1, 0.15) is 44.2 Å². The van der Waals surface area contributed by atoms with Crippen molar-refractivity contribution in [2.24, 2.45) is 0 Å². The first-order chi connectivity index (χ1) is 6.79. The van der Waals surface area contributed by atoms with Crippen LogP contribution >= 0.6 is 0 Å². The van der Waals surface area contributed by atoms with Crippen LogP contribution in [0.4, 0.5) is 0 Å². The molecule has 1 aromatic rings. The third-order valence-corrected chi connectivity index (χ3v) is 3.10. The third kappa shape index (κ3) is 1.98. The van der Waals surface area contributed by atoms with Gasteiger partial charge in [0.05, 0.1) is 18.3 Å². The topological polar surface area (TPSA) is 38.0 Å². The molecule has 14 heavy (non-hydrogen) atoms. The summed E-state index contributed by atoms with van der Waals surface area (Å²) in [5.74, 6) is 0. The summed E-state index contributed by atoms with van der Waals surface area (Å²) in [6, 6.07) is 0.513. The van der Waals surface area contributed by atoms with E-state index in [4.69, 9.17) is 0 Å². The van der Waals surface area contributed by atoms with E-state index < -0.39 is 0 Å². The Hall–Kier alpha value is -0.830. The number of aliphatic hydroxyl groups excluding tert-OH is 1. The first-order valence-electron chi connectivity index (χ1n) is 5.50. The van der Waals surface area contributed by atoms with Crippen LogP contribution in [0.15, 0.2) is 12.4 Å². The smallest absolute Gasteiger partial charge is 0.0541 e. The molecule has 1 N–H and O–H groups in total. The average molecular weight is 194 g/mol. The monoisotopic (exact) mass is 194 g/mol. The van der Waals surface area contributed by atoms with Crippen molar-refractivity contribution in [1.82, 2.24) is 9.78 Å². The summed E-state index contributed by atoms with van der Waals surface area (Å²) in [4.78, 5) is 0. The minimum absolute atomic E-state index is 0.0764. The van der Waals surface area contributed by atoms with Crippen LogP contribution in [-0.4, -0.2) is 21.0 Å². The molecule has 1 saturated carbocycles. The molecule has 0 unspecified atom stereocenters. The first kappa shape index (κ1) is 9.71. The number of nitrogens with zero attached hydrogens (tertiary/aromatic N) is 2. The van der Waals surface area contributed by atoms with Gasteiger partial charge in [-0.1, -0.05) is 6.92 Å². The van der Waals surface area contributed by atoms with E-state index in [1.807, 2.05) is 6.20 Å². The molecule has 3 heteroatoms. The Morgan fingerprint density at radius 3 is 2.71 bits per heavy atom. The highest BCUT2D eigenvalue weighted by Gasteiger charge is 2.20. The van der Waals surface area contributed by atoms with E-state index >= 15 is 0 Å². The van der Waals surface area contributed by atoms with Crippen LogP contribution in [-0.2, 0) is 6.42 Å². The summed E-state index contributed by atoms with van der Waals surface area (Å²) in [6.07, 6.45) is 9.03. The molecule has 2 rings (SSSR count). The lowest BCUT2D eigenvalue weighted by molar-refractivity contribution is 0.108. The van der Waals surface area contributed by atoms with Gasteiger partial charge in [0, 0.05) is 6.20 Å². The predicted molar refractivity (Wildman–Crippen MR) is 55.1 cm³/mol. The average Bonchev–Trinajstić information content (AvgIpc) is 2.67. The van der Waals surface area contributed by atoms with Crippen molar-refractivity contribution < 1.29 is 5.11 Å². The Morgan fingerprint density at radius 2 is 2.14 bits per heavy atom. The second-order valence-corrected chi connectivity index (χ2v) is 4.14. The Bertz CT molecular complexity index is 287. The molecule has 78 valence electrons. The molecule has 3 nitrogen and oxygen atoms in total. The molecular formula is C11H18N2O. The van der Waals surface area contributed by atoms with Crippen LogP contribution in [0, 0.1) is 0 Å². The summed E-state index contributed by atoms with van der Waals surface area (Å²) in [5.41, 5.74) is 1.30. The minimum atomic E-state index is -0.0764. The van der Waals surface area contributed by atoms with Crippen molar-refractivity contribution in [3.05, 3.63) is 18.0 Å². The van der Waals surface area contributed by atoms with Crippen molar-refractivity contribution in [3.8, 4) is 0 Å². The molecular weight excluding hydrogens is 176 g/mol. The van der Waals surface area contributed by atoms with Gasteiger partial charge in [-0.15, -0.1) is 0 Å². The largest absolute Gasteiger partial charge is 0.393 e. The SMILES string of the molecule is CCc1cnn(C2CCC(O)CC2)c1. The maximum Gasteiger partial charge on any atom is 0.0541 e. The summed E-state index contributed by atoms with van der Waals surface area (Å²) in [6.45, 7) is 2.14. The quantitative estimate of drug-likeness (QED) is 0.781. The first-order valence-corrected chi connectivity index (χ1v) is 5.50. The van der Waals surface area contributed by atoms with E-state index in [2.05, 4.69) is 22.9 Å². The summed E-state index contributed by atoms with van der Waals surface area (Å²) in [7, 11) is 0. The van der Waals surface area contributed by atoms with E-state index in [0.717, 1.165) is 32.1 Å². The lowest BCUT2D eigenvalue weighted by Gasteiger charge is -2.25. The number of aromatic nitrogens is 2. The number of aliphatic hydroxyl groups is 1. The highest BCUT2D eigenvalue weighted by atomic mass is 16.3. The van der Waals surface area contributed by atoms with E-state index in [-0.39, 0.29) is 6.10 Å². The van der Waals surface area contributed by atoms with Gasteiger partial charge in [-0.2, -0.15) is 5.10 Å². The van der Waals surface area contributed by atoms with Gasteiger partial charge in [0.2, 0.25) is 0 Å². The van der Waals surface area contributed by atoms with Crippen LogP contribution in [0.2, 0.25) is 0 Å². The van der Waals surface area contributed by atoms with Gasteiger partial charge in [0.1, 0.15) is 0 Å². The molecule has 1 fully saturated rings. The maximum absolute atomic E-state index is 9.40. The van der Waals surface area contributed by atoms with Gasteiger partial charge in [-0.25, -0.2) is 0 Å². The van der Waals surface area contributed by atoms with Gasteiger partial charge in [0.15, 0.2) is 0 Å².